The molecule has 2 aromatic heterocycles. The SMILES string of the molecule is CCCC(=O)Nc1ccccc1SCc1cc(=O)n2nc(C)sc2n1. The van der Waals surface area contributed by atoms with Crippen LogP contribution in [0.15, 0.2) is 40.0 Å². The Morgan fingerprint density at radius 2 is 2.16 bits per heavy atom. The summed E-state index contributed by atoms with van der Waals surface area (Å²) in [7, 11) is 0. The number of aromatic nitrogens is 3. The fraction of sp³-hybridized carbons (Fsp3) is 0.294. The Hall–Kier alpha value is -2.19. The van der Waals surface area contributed by atoms with E-state index in [1.54, 1.807) is 11.8 Å². The zero-order valence-corrected chi connectivity index (χ0v) is 15.6. The molecule has 0 fully saturated rings. The number of rotatable bonds is 6. The summed E-state index contributed by atoms with van der Waals surface area (Å²) in [6.07, 6.45) is 1.31. The van der Waals surface area contributed by atoms with Gasteiger partial charge in [-0.2, -0.15) is 9.61 Å². The molecule has 130 valence electrons. The second-order valence-electron chi connectivity index (χ2n) is 5.48. The van der Waals surface area contributed by atoms with Crippen LogP contribution >= 0.6 is 23.1 Å². The molecule has 0 atom stereocenters. The van der Waals surface area contributed by atoms with Gasteiger partial charge in [-0.05, 0) is 25.5 Å². The summed E-state index contributed by atoms with van der Waals surface area (Å²) in [6.45, 7) is 3.82. The Balaban J connectivity index is 1.78. The van der Waals surface area contributed by atoms with E-state index in [0.29, 0.717) is 22.8 Å². The smallest absolute Gasteiger partial charge is 0.275 e. The lowest BCUT2D eigenvalue weighted by molar-refractivity contribution is -0.116. The predicted octanol–water partition coefficient (Wildman–Crippen LogP) is 3.49. The Kier molecular flexibility index (Phi) is 5.50. The fourth-order valence-corrected chi connectivity index (χ4v) is 3.98. The first-order chi connectivity index (χ1) is 12.1. The van der Waals surface area contributed by atoms with Crippen LogP contribution in [0.1, 0.15) is 30.5 Å². The molecule has 0 aliphatic carbocycles. The Morgan fingerprint density at radius 1 is 1.36 bits per heavy atom. The molecule has 0 spiro atoms. The van der Waals surface area contributed by atoms with Gasteiger partial charge in [0.2, 0.25) is 10.9 Å². The van der Waals surface area contributed by atoms with Crippen molar-refractivity contribution < 1.29 is 4.79 Å². The summed E-state index contributed by atoms with van der Waals surface area (Å²) in [5.74, 6) is 0.553. The van der Waals surface area contributed by atoms with Crippen molar-refractivity contribution in [2.24, 2.45) is 0 Å². The Labute approximate surface area is 153 Å². The lowest BCUT2D eigenvalue weighted by Crippen LogP contribution is -2.15. The van der Waals surface area contributed by atoms with Crippen LogP contribution in [-0.4, -0.2) is 20.5 Å². The van der Waals surface area contributed by atoms with Gasteiger partial charge in [-0.25, -0.2) is 4.98 Å². The first-order valence-corrected chi connectivity index (χ1v) is 9.75. The summed E-state index contributed by atoms with van der Waals surface area (Å²) < 4.78 is 1.33. The van der Waals surface area contributed by atoms with E-state index >= 15 is 0 Å². The highest BCUT2D eigenvalue weighted by molar-refractivity contribution is 7.98. The number of carbonyl (C=O) groups is 1. The first kappa shape index (κ1) is 17.6. The van der Waals surface area contributed by atoms with Crippen molar-refractivity contribution in [3.05, 3.63) is 51.4 Å². The highest BCUT2D eigenvalue weighted by Crippen LogP contribution is 2.29. The monoisotopic (exact) mass is 374 g/mol. The lowest BCUT2D eigenvalue weighted by Gasteiger charge is -2.10. The maximum atomic E-state index is 12.1. The van der Waals surface area contributed by atoms with E-state index in [-0.39, 0.29) is 11.5 Å². The minimum absolute atomic E-state index is 0.00785. The molecular weight excluding hydrogens is 356 g/mol. The molecule has 1 amide bonds. The van der Waals surface area contributed by atoms with Crippen molar-refractivity contribution >= 4 is 39.7 Å². The van der Waals surface area contributed by atoms with E-state index in [2.05, 4.69) is 15.4 Å². The van der Waals surface area contributed by atoms with Crippen molar-refractivity contribution in [1.82, 2.24) is 14.6 Å². The molecule has 0 unspecified atom stereocenters. The molecule has 0 saturated carbocycles. The fourth-order valence-electron chi connectivity index (χ4n) is 2.31. The van der Waals surface area contributed by atoms with Crippen LogP contribution in [-0.2, 0) is 10.5 Å². The maximum absolute atomic E-state index is 12.1. The number of anilines is 1. The van der Waals surface area contributed by atoms with Crippen molar-refractivity contribution in [1.29, 1.82) is 0 Å². The highest BCUT2D eigenvalue weighted by atomic mass is 32.2. The number of nitrogens with one attached hydrogen (secondary N) is 1. The third kappa shape index (κ3) is 4.26. The van der Waals surface area contributed by atoms with E-state index in [4.69, 9.17) is 0 Å². The second-order valence-corrected chi connectivity index (χ2v) is 7.66. The number of fused-ring (bicyclic) bond motifs is 1. The Bertz CT molecular complexity index is 965. The van der Waals surface area contributed by atoms with Crippen LogP contribution in [0, 0.1) is 6.92 Å². The lowest BCUT2D eigenvalue weighted by atomic mass is 10.3. The van der Waals surface area contributed by atoms with Crippen LogP contribution in [0.5, 0.6) is 0 Å². The molecule has 1 N–H and O–H groups in total. The molecule has 8 heteroatoms. The third-order valence-electron chi connectivity index (χ3n) is 3.41. The van der Waals surface area contributed by atoms with Gasteiger partial charge in [0.1, 0.15) is 5.01 Å². The van der Waals surface area contributed by atoms with Crippen LogP contribution in [0.2, 0.25) is 0 Å². The number of carbonyl (C=O) groups excluding carboxylic acids is 1. The predicted molar refractivity (Wildman–Crippen MR) is 101 cm³/mol. The average molecular weight is 374 g/mol. The number of nitrogens with zero attached hydrogens (tertiary/aromatic N) is 3. The molecule has 0 radical (unpaired) electrons. The zero-order chi connectivity index (χ0) is 17.8. The van der Waals surface area contributed by atoms with Gasteiger partial charge < -0.3 is 5.32 Å². The quantitative estimate of drug-likeness (QED) is 0.669. The number of hydrogen-bond donors (Lipinski definition) is 1. The van der Waals surface area contributed by atoms with Crippen LogP contribution in [0.4, 0.5) is 5.69 Å². The number of thioether (sulfide) groups is 1. The molecule has 3 rings (SSSR count). The van der Waals surface area contributed by atoms with Gasteiger partial charge in [-0.1, -0.05) is 30.4 Å². The molecule has 2 heterocycles. The van der Waals surface area contributed by atoms with Gasteiger partial charge in [-0.15, -0.1) is 11.8 Å². The zero-order valence-electron chi connectivity index (χ0n) is 14.0. The van der Waals surface area contributed by atoms with Gasteiger partial charge in [0.05, 0.1) is 11.4 Å². The topological polar surface area (TPSA) is 76.4 Å². The minimum Gasteiger partial charge on any atom is -0.325 e. The van der Waals surface area contributed by atoms with Crippen molar-refractivity contribution in [2.75, 3.05) is 5.32 Å². The van der Waals surface area contributed by atoms with Crippen molar-refractivity contribution in [3.63, 3.8) is 0 Å². The van der Waals surface area contributed by atoms with E-state index in [1.807, 2.05) is 38.1 Å². The highest BCUT2D eigenvalue weighted by Gasteiger charge is 2.10. The number of para-hydroxylation sites is 1. The molecule has 0 saturated heterocycles. The summed E-state index contributed by atoms with van der Waals surface area (Å²) in [6, 6.07) is 9.16. The molecule has 3 aromatic rings. The number of hydrogen-bond acceptors (Lipinski definition) is 6. The largest absolute Gasteiger partial charge is 0.325 e. The summed E-state index contributed by atoms with van der Waals surface area (Å²) >= 11 is 2.94. The maximum Gasteiger partial charge on any atom is 0.275 e. The number of benzene rings is 1. The molecule has 6 nitrogen and oxygen atoms in total. The van der Waals surface area contributed by atoms with E-state index in [1.165, 1.54) is 21.9 Å². The molecule has 0 bridgehead atoms. The van der Waals surface area contributed by atoms with Crippen LogP contribution in [0.3, 0.4) is 0 Å². The van der Waals surface area contributed by atoms with Gasteiger partial charge in [0, 0.05) is 23.1 Å². The second kappa shape index (κ2) is 7.79. The van der Waals surface area contributed by atoms with Gasteiger partial charge >= 0.3 is 0 Å². The third-order valence-corrected chi connectivity index (χ3v) is 5.34. The number of amides is 1. The minimum atomic E-state index is -0.172. The number of aryl methyl sites for hydroxylation is 1. The summed E-state index contributed by atoms with van der Waals surface area (Å²) in [5, 5.41) is 7.88. The van der Waals surface area contributed by atoms with E-state index in [9.17, 15) is 9.59 Å². The Morgan fingerprint density at radius 3 is 2.96 bits per heavy atom. The summed E-state index contributed by atoms with van der Waals surface area (Å²) in [5.41, 5.74) is 1.32. The van der Waals surface area contributed by atoms with E-state index < -0.39 is 0 Å². The first-order valence-electron chi connectivity index (χ1n) is 7.95. The molecular formula is C17H18N4O2S2. The van der Waals surface area contributed by atoms with Crippen molar-refractivity contribution in [3.8, 4) is 0 Å². The molecule has 25 heavy (non-hydrogen) atoms. The molecule has 0 aliphatic rings. The summed E-state index contributed by atoms with van der Waals surface area (Å²) in [4.78, 5) is 30.0. The molecule has 1 aromatic carbocycles. The average Bonchev–Trinajstić information content (AvgIpc) is 2.95. The molecule has 0 aliphatic heterocycles. The van der Waals surface area contributed by atoms with Crippen molar-refractivity contribution in [2.45, 2.75) is 37.3 Å². The van der Waals surface area contributed by atoms with E-state index in [0.717, 1.165) is 22.0 Å². The standard InChI is InChI=1S/C17H18N4O2S2/c1-3-6-15(22)19-13-7-4-5-8-14(13)24-10-12-9-16(23)21-17(18-12)25-11(2)20-21/h4-5,7-9H,3,6,10H2,1-2H3,(H,19,22). The van der Waals surface area contributed by atoms with Crippen LogP contribution < -0.4 is 10.9 Å². The van der Waals surface area contributed by atoms with Gasteiger partial charge in [0.25, 0.3) is 5.56 Å². The normalized spacial score (nSPS) is 11.0. The van der Waals surface area contributed by atoms with Crippen LogP contribution in [0.25, 0.3) is 4.96 Å². The van der Waals surface area contributed by atoms with Gasteiger partial charge in [-0.3, -0.25) is 9.59 Å². The van der Waals surface area contributed by atoms with Gasteiger partial charge in [0.15, 0.2) is 0 Å².